The van der Waals surface area contributed by atoms with E-state index >= 15 is 0 Å². The molecule has 1 saturated heterocycles. The van der Waals surface area contributed by atoms with Crippen LogP contribution >= 0.6 is 0 Å². The number of Topliss-reactive ketones (excluding diaryl/α,β-unsaturated/α-hetero) is 2. The summed E-state index contributed by atoms with van der Waals surface area (Å²) in [6, 6.07) is 0. The van der Waals surface area contributed by atoms with Crippen LogP contribution in [0.15, 0.2) is 0 Å². The van der Waals surface area contributed by atoms with Gasteiger partial charge in [0.2, 0.25) is 0 Å². The number of ketones is 2. The first-order valence-corrected chi connectivity index (χ1v) is 30.0. The number of nitrogens with zero attached hydrogens (tertiary/aromatic N) is 7. The lowest BCUT2D eigenvalue weighted by molar-refractivity contribution is -0.197. The van der Waals surface area contributed by atoms with Gasteiger partial charge in [-0.05, 0) is 38.5 Å². The van der Waals surface area contributed by atoms with Gasteiger partial charge in [0.15, 0.2) is 31.3 Å². The summed E-state index contributed by atoms with van der Waals surface area (Å²) < 4.78 is 47.9. The number of nitrogens with one attached hydrogen (secondary N) is 2. The Morgan fingerprint density at radius 3 is 1.11 bits per heavy atom. The molecule has 0 unspecified atom stereocenters. The third-order valence-corrected chi connectivity index (χ3v) is 15.5. The monoisotopic (exact) mass is 1040 g/mol. The van der Waals surface area contributed by atoms with Crippen molar-refractivity contribution in [2.75, 3.05) is 23.0 Å². The van der Waals surface area contributed by atoms with Gasteiger partial charge in [0.1, 0.15) is 23.1 Å². The number of carbonyl (C=O) groups is 6. The Kier molecular flexibility index (Phi) is 34.4. The molecule has 0 saturated carbocycles. The molecule has 0 spiro atoms. The number of hydrogen-bond donors (Lipinski definition) is 3. The van der Waals surface area contributed by atoms with Crippen LogP contribution in [0.5, 0.6) is 0 Å². The van der Waals surface area contributed by atoms with Crippen molar-refractivity contribution in [2.24, 2.45) is 0 Å². The molecule has 3 heterocycles. The standard InChI is InChI=1S/C26H43N5O7S.C22H40N4O5S/c32-22(21-39(36,37)20-14-17-26(35)38-31-24(33)18-19-25(31)34)15-12-10-8-6-4-2-1-3-5-7-9-11-13-16-23-27-29-30-28-23;27-20(19-32(30,31)18-14-17-22(28)29)15-12-10-8-6-4-2-1-3-5-7-9-11-13-16-21-23-25-26-24-21/h1-21H2,(H,27,28,29,30);1-19H2,(H,28,29)(H,23,24,25,26). The van der Waals surface area contributed by atoms with Gasteiger partial charge in [0.05, 0.1) is 11.5 Å². The van der Waals surface area contributed by atoms with E-state index in [1.165, 1.54) is 103 Å². The molecule has 0 radical (unpaired) electrons. The number of carboxylic acids is 1. The summed E-state index contributed by atoms with van der Waals surface area (Å²) in [4.78, 5) is 73.6. The number of aliphatic carboxylic acids is 1. The Morgan fingerprint density at radius 2 is 0.789 bits per heavy atom. The number of unbranched alkanes of at least 4 members (excludes halogenated alkanes) is 24. The predicted octanol–water partition coefficient (Wildman–Crippen LogP) is 7.63. The molecule has 0 bridgehead atoms. The highest BCUT2D eigenvalue weighted by atomic mass is 32.2. The number of tetrazole rings is 2. The van der Waals surface area contributed by atoms with E-state index in [1.54, 1.807) is 0 Å². The molecule has 0 atom stereocenters. The Hall–Kier alpha value is -4.54. The quantitative estimate of drug-likeness (QED) is 0.0424. The number of rotatable bonds is 45. The molecular formula is C48H83N9O12S2. The minimum absolute atomic E-state index is 0.00444. The number of sulfone groups is 2. The number of aryl methyl sites for hydroxylation is 2. The fraction of sp³-hybridized carbons (Fsp3) is 0.833. The van der Waals surface area contributed by atoms with Gasteiger partial charge in [-0.1, -0.05) is 152 Å². The van der Waals surface area contributed by atoms with E-state index in [0.717, 1.165) is 82.3 Å². The van der Waals surface area contributed by atoms with Gasteiger partial charge in [-0.3, -0.25) is 24.0 Å². The van der Waals surface area contributed by atoms with E-state index in [4.69, 9.17) is 9.94 Å². The Balaban J connectivity index is 0.000000497. The van der Waals surface area contributed by atoms with E-state index in [2.05, 4.69) is 41.2 Å². The van der Waals surface area contributed by atoms with Crippen LogP contribution in [0.25, 0.3) is 0 Å². The fourth-order valence-electron chi connectivity index (χ4n) is 8.14. The molecule has 21 nitrogen and oxygen atoms in total. The van der Waals surface area contributed by atoms with Gasteiger partial charge in [-0.25, -0.2) is 21.6 Å². The second-order valence-electron chi connectivity index (χ2n) is 18.8. The van der Waals surface area contributed by atoms with E-state index in [-0.39, 0.29) is 68.0 Å². The summed E-state index contributed by atoms with van der Waals surface area (Å²) in [6.07, 6.45) is 31.9. The first-order chi connectivity index (χ1) is 34.2. The van der Waals surface area contributed by atoms with Crippen molar-refractivity contribution in [2.45, 2.75) is 231 Å². The zero-order valence-corrected chi connectivity index (χ0v) is 43.8. The van der Waals surface area contributed by atoms with Crippen molar-refractivity contribution < 1.29 is 55.5 Å². The molecule has 0 aromatic carbocycles. The average Bonchev–Trinajstić information content (AvgIpc) is 4.10. The highest BCUT2D eigenvalue weighted by Gasteiger charge is 2.33. The van der Waals surface area contributed by atoms with E-state index in [9.17, 15) is 45.6 Å². The lowest BCUT2D eigenvalue weighted by Gasteiger charge is -2.12. The largest absolute Gasteiger partial charge is 0.481 e. The molecule has 3 rings (SSSR count). The van der Waals surface area contributed by atoms with Crippen molar-refractivity contribution in [3.63, 3.8) is 0 Å². The van der Waals surface area contributed by atoms with Crippen molar-refractivity contribution in [1.82, 2.24) is 46.3 Å². The van der Waals surface area contributed by atoms with Crippen LogP contribution in [0, 0.1) is 0 Å². The van der Waals surface area contributed by atoms with Gasteiger partial charge in [0.25, 0.3) is 11.8 Å². The van der Waals surface area contributed by atoms with Gasteiger partial charge in [0, 0.05) is 51.4 Å². The summed E-state index contributed by atoms with van der Waals surface area (Å²) in [7, 11) is -7.09. The van der Waals surface area contributed by atoms with Crippen molar-refractivity contribution >= 4 is 55.0 Å². The second-order valence-corrected chi connectivity index (χ2v) is 23.1. The molecule has 3 N–H and O–H groups in total. The maximum atomic E-state index is 12.2. The Labute approximate surface area is 421 Å². The zero-order valence-electron chi connectivity index (χ0n) is 42.2. The number of hydrogen-bond acceptors (Lipinski definition) is 17. The number of hydroxylamine groups is 2. The van der Waals surface area contributed by atoms with Gasteiger partial charge < -0.3 is 9.94 Å². The van der Waals surface area contributed by atoms with Crippen LogP contribution in [-0.2, 0) is 66.1 Å². The maximum absolute atomic E-state index is 12.2. The molecule has 2 aromatic heterocycles. The number of carbonyl (C=O) groups excluding carboxylic acids is 5. The lowest BCUT2D eigenvalue weighted by Crippen LogP contribution is -2.32. The van der Waals surface area contributed by atoms with E-state index in [0.29, 0.717) is 17.9 Å². The average molecular weight is 1040 g/mol. The second kappa shape index (κ2) is 39.0. The van der Waals surface area contributed by atoms with Crippen LogP contribution in [0.1, 0.15) is 230 Å². The molecule has 0 aliphatic carbocycles. The zero-order chi connectivity index (χ0) is 51.8. The minimum Gasteiger partial charge on any atom is -0.481 e. The number of imide groups is 1. The molecule has 2 aromatic rings. The molecule has 1 aliphatic rings. The minimum atomic E-state index is -3.62. The van der Waals surface area contributed by atoms with Gasteiger partial charge in [-0.2, -0.15) is 10.4 Å². The van der Waals surface area contributed by atoms with E-state index < -0.39 is 54.9 Å². The smallest absolute Gasteiger partial charge is 0.333 e. The third kappa shape index (κ3) is 35.3. The molecule has 404 valence electrons. The van der Waals surface area contributed by atoms with Crippen LogP contribution < -0.4 is 0 Å². The maximum Gasteiger partial charge on any atom is 0.333 e. The molecule has 23 heteroatoms. The fourth-order valence-corrected chi connectivity index (χ4v) is 10.9. The molecular weight excluding hydrogens is 959 g/mol. The molecule has 1 aliphatic heterocycles. The number of aromatic nitrogens is 8. The lowest BCUT2D eigenvalue weighted by atomic mass is 10.0. The first kappa shape index (κ1) is 62.6. The highest BCUT2D eigenvalue weighted by molar-refractivity contribution is 7.92. The molecule has 71 heavy (non-hydrogen) atoms. The number of carboxylic acid groups (broad SMARTS) is 1. The topological polar surface area (TPSA) is 312 Å². The number of amides is 2. The van der Waals surface area contributed by atoms with Gasteiger partial charge in [-0.15, -0.1) is 25.5 Å². The van der Waals surface area contributed by atoms with Crippen LogP contribution in [0.4, 0.5) is 0 Å². The predicted molar refractivity (Wildman–Crippen MR) is 266 cm³/mol. The summed E-state index contributed by atoms with van der Waals surface area (Å²) in [5.41, 5.74) is 0. The molecule has 1 fully saturated rings. The Bertz CT molecular complexity index is 1990. The molecule has 2 amide bonds. The normalized spacial score (nSPS) is 12.8. The Morgan fingerprint density at radius 1 is 0.465 bits per heavy atom. The number of aromatic amines is 2. The summed E-state index contributed by atoms with van der Waals surface area (Å²) in [6.45, 7) is 0. The third-order valence-electron chi connectivity index (χ3n) is 12.1. The number of H-pyrrole nitrogens is 2. The van der Waals surface area contributed by atoms with Crippen molar-refractivity contribution in [1.29, 1.82) is 0 Å². The van der Waals surface area contributed by atoms with Gasteiger partial charge >= 0.3 is 11.9 Å². The van der Waals surface area contributed by atoms with Crippen LogP contribution in [0.3, 0.4) is 0 Å². The summed E-state index contributed by atoms with van der Waals surface area (Å²) >= 11 is 0. The summed E-state index contributed by atoms with van der Waals surface area (Å²) in [5.74, 6) is -3.53. The van der Waals surface area contributed by atoms with Crippen LogP contribution in [-0.4, -0.2) is 127 Å². The van der Waals surface area contributed by atoms with E-state index in [1.807, 2.05) is 0 Å². The van der Waals surface area contributed by atoms with Crippen molar-refractivity contribution in [3.05, 3.63) is 11.6 Å². The first-order valence-electron chi connectivity index (χ1n) is 26.3. The summed E-state index contributed by atoms with van der Waals surface area (Å²) in [5, 5.41) is 36.8. The SMILES string of the molecule is O=C(CCCCCCCCCCCCCCCc1nn[nH]n1)CS(=O)(=O)CCCC(=O)ON1C(=O)CCC1=O.O=C(O)CCCS(=O)(=O)CC(=O)CCCCCCCCCCCCCCCc1nn[nH]n1. The highest BCUT2D eigenvalue weighted by Crippen LogP contribution is 2.17. The van der Waals surface area contributed by atoms with Crippen molar-refractivity contribution in [3.8, 4) is 0 Å². The van der Waals surface area contributed by atoms with Crippen LogP contribution in [0.2, 0.25) is 0 Å².